The van der Waals surface area contributed by atoms with Crippen molar-refractivity contribution in [3.8, 4) is 11.3 Å². The van der Waals surface area contributed by atoms with E-state index in [1.807, 2.05) is 59.6 Å². The fraction of sp³-hybridized carbons (Fsp3) is 0.357. The number of amides is 2. The van der Waals surface area contributed by atoms with Crippen LogP contribution in [-0.2, 0) is 4.79 Å². The number of hydrogen-bond donors (Lipinski definition) is 2. The first kappa shape index (κ1) is 23.8. The SMILES string of the molecule is CC(C)CNc1nc2ccccc2n2c(-c3ccc(C(=O)NCCCN4CCCC4=O)cc3)cnc12. The van der Waals surface area contributed by atoms with E-state index in [-0.39, 0.29) is 11.8 Å². The Balaban J connectivity index is 1.34. The zero-order valence-electron chi connectivity index (χ0n) is 20.8. The Labute approximate surface area is 210 Å². The van der Waals surface area contributed by atoms with Gasteiger partial charge in [0.2, 0.25) is 5.91 Å². The van der Waals surface area contributed by atoms with Crippen LogP contribution in [0.3, 0.4) is 0 Å². The lowest BCUT2D eigenvalue weighted by Crippen LogP contribution is -2.30. The lowest BCUT2D eigenvalue weighted by molar-refractivity contribution is -0.127. The molecule has 0 radical (unpaired) electrons. The van der Waals surface area contributed by atoms with Gasteiger partial charge in [-0.1, -0.05) is 38.1 Å². The minimum absolute atomic E-state index is 0.109. The van der Waals surface area contributed by atoms with Gasteiger partial charge < -0.3 is 15.5 Å². The third kappa shape index (κ3) is 4.89. The number of carbonyl (C=O) groups is 2. The second kappa shape index (κ2) is 10.4. The summed E-state index contributed by atoms with van der Waals surface area (Å²) in [5, 5.41) is 6.41. The normalized spacial score (nSPS) is 13.8. The fourth-order valence-corrected chi connectivity index (χ4v) is 4.61. The molecule has 2 aromatic heterocycles. The molecule has 2 amide bonds. The number of fused-ring (bicyclic) bond motifs is 3. The van der Waals surface area contributed by atoms with Gasteiger partial charge in [0, 0.05) is 43.7 Å². The van der Waals surface area contributed by atoms with E-state index < -0.39 is 0 Å². The predicted molar refractivity (Wildman–Crippen MR) is 142 cm³/mol. The molecule has 1 fully saturated rings. The molecule has 0 atom stereocenters. The Kier molecular flexibility index (Phi) is 6.84. The van der Waals surface area contributed by atoms with E-state index >= 15 is 0 Å². The minimum atomic E-state index is -0.109. The van der Waals surface area contributed by atoms with Gasteiger partial charge in [-0.15, -0.1) is 0 Å². The summed E-state index contributed by atoms with van der Waals surface area (Å²) in [6, 6.07) is 15.6. The quantitative estimate of drug-likeness (QED) is 0.345. The average Bonchev–Trinajstić information content (AvgIpc) is 3.52. The maximum atomic E-state index is 12.6. The number of likely N-dealkylation sites (tertiary alicyclic amines) is 1. The summed E-state index contributed by atoms with van der Waals surface area (Å²) in [7, 11) is 0. The Morgan fingerprint density at radius 1 is 1.11 bits per heavy atom. The Morgan fingerprint density at radius 2 is 1.92 bits per heavy atom. The molecule has 1 aliphatic rings. The zero-order valence-corrected chi connectivity index (χ0v) is 20.8. The van der Waals surface area contributed by atoms with Crippen LogP contribution in [0, 0.1) is 5.92 Å². The number of anilines is 1. The van der Waals surface area contributed by atoms with Crippen LogP contribution in [0.2, 0.25) is 0 Å². The molecule has 0 saturated carbocycles. The molecule has 4 aromatic rings. The maximum Gasteiger partial charge on any atom is 0.251 e. The first-order valence-electron chi connectivity index (χ1n) is 12.7. The smallest absolute Gasteiger partial charge is 0.251 e. The van der Waals surface area contributed by atoms with E-state index in [2.05, 4.69) is 28.9 Å². The summed E-state index contributed by atoms with van der Waals surface area (Å²) in [5.74, 6) is 1.35. The van der Waals surface area contributed by atoms with E-state index in [9.17, 15) is 9.59 Å². The molecule has 2 aromatic carbocycles. The number of rotatable bonds is 9. The van der Waals surface area contributed by atoms with Crippen molar-refractivity contribution >= 4 is 34.3 Å². The van der Waals surface area contributed by atoms with Crippen LogP contribution in [0.15, 0.2) is 54.7 Å². The lowest BCUT2D eigenvalue weighted by Gasteiger charge is -2.15. The van der Waals surface area contributed by atoms with Crippen molar-refractivity contribution in [2.75, 3.05) is 31.5 Å². The maximum absolute atomic E-state index is 12.6. The van der Waals surface area contributed by atoms with Gasteiger partial charge in [-0.25, -0.2) is 9.97 Å². The molecule has 1 aliphatic heterocycles. The highest BCUT2D eigenvalue weighted by Crippen LogP contribution is 2.28. The molecule has 3 heterocycles. The third-order valence-corrected chi connectivity index (χ3v) is 6.51. The largest absolute Gasteiger partial charge is 0.367 e. The van der Waals surface area contributed by atoms with Gasteiger partial charge in [-0.05, 0) is 43.0 Å². The standard InChI is InChI=1S/C28H32N6O2/c1-19(2)17-30-26-27-31-18-24(34(27)23-8-4-3-7-22(23)32-26)20-10-12-21(13-11-20)28(36)29-14-6-16-33-15-5-9-25(33)35/h3-4,7-8,10-13,18-19H,5-6,9,14-17H2,1-2H3,(H,29,36)(H,30,32). The number of aromatic nitrogens is 3. The molecule has 0 unspecified atom stereocenters. The molecule has 2 N–H and O–H groups in total. The van der Waals surface area contributed by atoms with Gasteiger partial charge in [-0.2, -0.15) is 0 Å². The highest BCUT2D eigenvalue weighted by atomic mass is 16.2. The van der Waals surface area contributed by atoms with Crippen molar-refractivity contribution < 1.29 is 9.59 Å². The number of carbonyl (C=O) groups excluding carboxylic acids is 2. The topological polar surface area (TPSA) is 91.6 Å². The van der Waals surface area contributed by atoms with Crippen LogP contribution in [0.25, 0.3) is 27.9 Å². The minimum Gasteiger partial charge on any atom is -0.367 e. The molecule has 0 aliphatic carbocycles. The molecular weight excluding hydrogens is 452 g/mol. The van der Waals surface area contributed by atoms with E-state index in [1.54, 1.807) is 0 Å². The van der Waals surface area contributed by atoms with E-state index in [0.717, 1.165) is 59.7 Å². The van der Waals surface area contributed by atoms with Gasteiger partial charge in [0.25, 0.3) is 5.91 Å². The van der Waals surface area contributed by atoms with Crippen molar-refractivity contribution in [1.82, 2.24) is 24.6 Å². The van der Waals surface area contributed by atoms with Crippen LogP contribution in [-0.4, -0.2) is 57.3 Å². The monoisotopic (exact) mass is 484 g/mol. The summed E-state index contributed by atoms with van der Waals surface area (Å²) in [6.07, 6.45) is 4.20. The van der Waals surface area contributed by atoms with Crippen LogP contribution in [0.1, 0.15) is 43.5 Å². The lowest BCUT2D eigenvalue weighted by atomic mass is 10.1. The Hall–Kier alpha value is -3.94. The second-order valence-electron chi connectivity index (χ2n) is 9.70. The number of benzene rings is 2. The van der Waals surface area contributed by atoms with Gasteiger partial charge in [0.1, 0.15) is 0 Å². The summed E-state index contributed by atoms with van der Waals surface area (Å²) < 4.78 is 2.12. The predicted octanol–water partition coefficient (Wildman–Crippen LogP) is 4.36. The highest BCUT2D eigenvalue weighted by Gasteiger charge is 2.19. The van der Waals surface area contributed by atoms with E-state index in [4.69, 9.17) is 9.97 Å². The molecular formula is C28H32N6O2. The molecule has 186 valence electrons. The first-order chi connectivity index (χ1) is 17.5. The van der Waals surface area contributed by atoms with Crippen LogP contribution >= 0.6 is 0 Å². The molecule has 1 saturated heterocycles. The molecule has 8 heteroatoms. The first-order valence-corrected chi connectivity index (χ1v) is 12.7. The molecule has 0 spiro atoms. The molecule has 0 bridgehead atoms. The van der Waals surface area contributed by atoms with Crippen molar-refractivity contribution in [3.63, 3.8) is 0 Å². The van der Waals surface area contributed by atoms with E-state index in [1.165, 1.54) is 0 Å². The van der Waals surface area contributed by atoms with Crippen LogP contribution in [0.5, 0.6) is 0 Å². The summed E-state index contributed by atoms with van der Waals surface area (Å²) in [5.41, 5.74) is 5.17. The molecule has 36 heavy (non-hydrogen) atoms. The van der Waals surface area contributed by atoms with Crippen LogP contribution < -0.4 is 10.6 Å². The average molecular weight is 485 g/mol. The number of hydrogen-bond acceptors (Lipinski definition) is 5. The van der Waals surface area contributed by atoms with Crippen molar-refractivity contribution in [2.45, 2.75) is 33.1 Å². The molecule has 8 nitrogen and oxygen atoms in total. The number of nitrogens with one attached hydrogen (secondary N) is 2. The summed E-state index contributed by atoms with van der Waals surface area (Å²) in [6.45, 7) is 7.20. The second-order valence-corrected chi connectivity index (χ2v) is 9.70. The van der Waals surface area contributed by atoms with Gasteiger partial charge in [0.05, 0.1) is 22.9 Å². The number of para-hydroxylation sites is 2. The van der Waals surface area contributed by atoms with E-state index in [0.29, 0.717) is 31.0 Å². The Morgan fingerprint density at radius 3 is 2.67 bits per heavy atom. The summed E-state index contributed by atoms with van der Waals surface area (Å²) >= 11 is 0. The van der Waals surface area contributed by atoms with Gasteiger partial charge in [-0.3, -0.25) is 14.0 Å². The van der Waals surface area contributed by atoms with Crippen molar-refractivity contribution in [1.29, 1.82) is 0 Å². The van der Waals surface area contributed by atoms with Gasteiger partial charge in [0.15, 0.2) is 11.5 Å². The number of imidazole rings is 1. The molecule has 5 rings (SSSR count). The summed E-state index contributed by atoms with van der Waals surface area (Å²) in [4.78, 5) is 35.7. The fourth-order valence-electron chi connectivity index (χ4n) is 4.61. The van der Waals surface area contributed by atoms with Crippen molar-refractivity contribution in [2.24, 2.45) is 5.92 Å². The Bertz CT molecular complexity index is 1390. The zero-order chi connectivity index (χ0) is 25.1. The number of nitrogens with zero attached hydrogens (tertiary/aromatic N) is 4. The third-order valence-electron chi connectivity index (χ3n) is 6.51. The van der Waals surface area contributed by atoms with Gasteiger partial charge >= 0.3 is 0 Å². The highest BCUT2D eigenvalue weighted by molar-refractivity contribution is 5.95. The van der Waals surface area contributed by atoms with Crippen LogP contribution in [0.4, 0.5) is 5.82 Å². The van der Waals surface area contributed by atoms with Crippen molar-refractivity contribution in [3.05, 3.63) is 60.3 Å².